The number of aliphatic imine (C=N–C) groups is 1. The van der Waals surface area contributed by atoms with Crippen LogP contribution < -0.4 is 5.32 Å². The van der Waals surface area contributed by atoms with E-state index >= 15 is 0 Å². The Bertz CT molecular complexity index is 320. The van der Waals surface area contributed by atoms with Crippen LogP contribution in [0, 0.1) is 5.41 Å². The number of halogens is 1. The Morgan fingerprint density at radius 3 is 2.50 bits per heavy atom. The van der Waals surface area contributed by atoms with Crippen LogP contribution in [0.15, 0.2) is 4.99 Å². The topological polar surface area (TPSA) is 36.9 Å². The van der Waals surface area contributed by atoms with Gasteiger partial charge in [-0.2, -0.15) is 0 Å². The van der Waals surface area contributed by atoms with Crippen LogP contribution in [-0.2, 0) is 4.74 Å². The summed E-state index contributed by atoms with van der Waals surface area (Å²) in [6, 6.07) is 0. The normalized spacial score (nSPS) is 23.7. The molecule has 0 aromatic carbocycles. The van der Waals surface area contributed by atoms with Gasteiger partial charge in [0.15, 0.2) is 5.96 Å². The number of nitrogens with one attached hydrogen (secondary N) is 1. The van der Waals surface area contributed by atoms with Crippen molar-refractivity contribution in [2.75, 3.05) is 33.3 Å². The lowest BCUT2D eigenvalue weighted by molar-refractivity contribution is 0.0309. The third-order valence-corrected chi connectivity index (χ3v) is 4.21. The zero-order valence-electron chi connectivity index (χ0n) is 14.0. The smallest absolute Gasteiger partial charge is 0.194 e. The van der Waals surface area contributed by atoms with Crippen LogP contribution in [-0.4, -0.2) is 49.7 Å². The van der Waals surface area contributed by atoms with Crippen molar-refractivity contribution < 1.29 is 4.74 Å². The Morgan fingerprint density at radius 1 is 1.40 bits per heavy atom. The Morgan fingerprint density at radius 2 is 2.05 bits per heavy atom. The van der Waals surface area contributed by atoms with Crippen molar-refractivity contribution in [1.29, 1.82) is 0 Å². The van der Waals surface area contributed by atoms with Gasteiger partial charge in [-0.3, -0.25) is 4.99 Å². The maximum Gasteiger partial charge on any atom is 0.194 e. The first-order valence-corrected chi connectivity index (χ1v) is 7.44. The molecule has 1 unspecified atom stereocenters. The Balaban J connectivity index is 0.00000361. The SMILES string of the molecule is CCNC(=NCC(C)(C)OC)N1CCC(C)(CC)C1.I. The van der Waals surface area contributed by atoms with Crippen LogP contribution in [0.25, 0.3) is 0 Å². The standard InChI is InChI=1S/C15H31N3O.HI/c1-7-15(5)9-10-18(12-15)13(16-8-2)17-11-14(3,4)19-6;/h7-12H2,1-6H3,(H,16,17);1H. The van der Waals surface area contributed by atoms with Gasteiger partial charge in [0.2, 0.25) is 0 Å². The Kier molecular flexibility index (Phi) is 8.40. The first-order valence-electron chi connectivity index (χ1n) is 7.44. The van der Waals surface area contributed by atoms with Crippen molar-refractivity contribution in [2.45, 2.75) is 53.1 Å². The van der Waals surface area contributed by atoms with E-state index in [9.17, 15) is 0 Å². The van der Waals surface area contributed by atoms with E-state index in [0.717, 1.165) is 25.6 Å². The van der Waals surface area contributed by atoms with Crippen molar-refractivity contribution in [2.24, 2.45) is 10.4 Å². The molecule has 0 aliphatic carbocycles. The predicted molar refractivity (Wildman–Crippen MR) is 97.1 cm³/mol. The van der Waals surface area contributed by atoms with Crippen LogP contribution in [0.4, 0.5) is 0 Å². The van der Waals surface area contributed by atoms with Gasteiger partial charge in [-0.25, -0.2) is 0 Å². The number of guanidine groups is 1. The zero-order chi connectivity index (χ0) is 14.5. The Hall–Kier alpha value is -0.0400. The van der Waals surface area contributed by atoms with Crippen LogP contribution in [0.2, 0.25) is 0 Å². The lowest BCUT2D eigenvalue weighted by Crippen LogP contribution is -2.42. The highest BCUT2D eigenvalue weighted by atomic mass is 127. The zero-order valence-corrected chi connectivity index (χ0v) is 16.3. The van der Waals surface area contributed by atoms with E-state index in [1.807, 2.05) is 0 Å². The van der Waals surface area contributed by atoms with E-state index in [1.165, 1.54) is 12.8 Å². The molecule has 1 N–H and O–H groups in total. The molecule has 1 atom stereocenters. The van der Waals surface area contributed by atoms with Crippen molar-refractivity contribution in [1.82, 2.24) is 10.2 Å². The van der Waals surface area contributed by atoms with Crippen molar-refractivity contribution >= 4 is 29.9 Å². The van der Waals surface area contributed by atoms with E-state index in [-0.39, 0.29) is 29.6 Å². The van der Waals surface area contributed by atoms with Gasteiger partial charge in [0.1, 0.15) is 0 Å². The summed E-state index contributed by atoms with van der Waals surface area (Å²) in [5.74, 6) is 1.03. The molecular formula is C15H32IN3O. The maximum atomic E-state index is 5.44. The van der Waals surface area contributed by atoms with Gasteiger partial charge >= 0.3 is 0 Å². The summed E-state index contributed by atoms with van der Waals surface area (Å²) in [6.07, 6.45) is 2.48. The lowest BCUT2D eigenvalue weighted by atomic mass is 9.87. The fourth-order valence-corrected chi connectivity index (χ4v) is 2.25. The summed E-state index contributed by atoms with van der Waals surface area (Å²) >= 11 is 0. The van der Waals surface area contributed by atoms with Crippen molar-refractivity contribution in [3.8, 4) is 0 Å². The van der Waals surface area contributed by atoms with Crippen LogP contribution >= 0.6 is 24.0 Å². The van der Waals surface area contributed by atoms with Gasteiger partial charge < -0.3 is 15.0 Å². The predicted octanol–water partition coefficient (Wildman–Crippen LogP) is 3.12. The average Bonchev–Trinajstić information content (AvgIpc) is 2.78. The number of likely N-dealkylation sites (tertiary alicyclic amines) is 1. The quantitative estimate of drug-likeness (QED) is 0.440. The van der Waals surface area contributed by atoms with E-state index in [1.54, 1.807) is 7.11 Å². The molecular weight excluding hydrogens is 365 g/mol. The minimum atomic E-state index is -0.200. The molecule has 1 aliphatic rings. The second-order valence-corrected chi connectivity index (χ2v) is 6.47. The van der Waals surface area contributed by atoms with Crippen molar-refractivity contribution in [3.05, 3.63) is 0 Å². The highest BCUT2D eigenvalue weighted by Gasteiger charge is 2.33. The second kappa shape index (κ2) is 8.41. The van der Waals surface area contributed by atoms with Gasteiger partial charge in [0, 0.05) is 26.7 Å². The molecule has 0 aromatic rings. The molecule has 0 saturated carbocycles. The van der Waals surface area contributed by atoms with Crippen LogP contribution in [0.1, 0.15) is 47.5 Å². The summed E-state index contributed by atoms with van der Waals surface area (Å²) < 4.78 is 5.44. The second-order valence-electron chi connectivity index (χ2n) is 6.47. The van der Waals surface area contributed by atoms with Gasteiger partial charge in [-0.05, 0) is 39.0 Å². The summed E-state index contributed by atoms with van der Waals surface area (Å²) in [6.45, 7) is 14.7. The summed E-state index contributed by atoms with van der Waals surface area (Å²) in [5, 5.41) is 3.40. The van der Waals surface area contributed by atoms with E-state index in [0.29, 0.717) is 12.0 Å². The highest BCUT2D eigenvalue weighted by molar-refractivity contribution is 14.0. The average molecular weight is 397 g/mol. The van der Waals surface area contributed by atoms with Gasteiger partial charge in [0.05, 0.1) is 12.1 Å². The molecule has 0 aromatic heterocycles. The largest absolute Gasteiger partial charge is 0.377 e. The van der Waals surface area contributed by atoms with Gasteiger partial charge in [0.25, 0.3) is 0 Å². The van der Waals surface area contributed by atoms with Gasteiger partial charge in [-0.1, -0.05) is 13.8 Å². The first-order chi connectivity index (χ1) is 8.86. The van der Waals surface area contributed by atoms with E-state index < -0.39 is 0 Å². The molecule has 20 heavy (non-hydrogen) atoms. The van der Waals surface area contributed by atoms with E-state index in [2.05, 4.69) is 44.8 Å². The minimum absolute atomic E-state index is 0. The molecule has 0 spiro atoms. The molecule has 1 saturated heterocycles. The molecule has 1 rings (SSSR count). The molecule has 5 heteroatoms. The van der Waals surface area contributed by atoms with E-state index in [4.69, 9.17) is 9.73 Å². The molecule has 0 radical (unpaired) electrons. The molecule has 1 aliphatic heterocycles. The molecule has 120 valence electrons. The Labute approximate surface area is 141 Å². The third kappa shape index (κ3) is 5.76. The maximum absolute atomic E-state index is 5.44. The number of nitrogens with zero attached hydrogens (tertiary/aromatic N) is 2. The monoisotopic (exact) mass is 397 g/mol. The molecule has 0 bridgehead atoms. The molecule has 4 nitrogen and oxygen atoms in total. The molecule has 0 amide bonds. The van der Waals surface area contributed by atoms with Crippen LogP contribution in [0.5, 0.6) is 0 Å². The fraction of sp³-hybridized carbons (Fsp3) is 0.933. The summed E-state index contributed by atoms with van der Waals surface area (Å²) in [7, 11) is 1.74. The summed E-state index contributed by atoms with van der Waals surface area (Å²) in [5.41, 5.74) is 0.238. The fourth-order valence-electron chi connectivity index (χ4n) is 2.25. The highest BCUT2D eigenvalue weighted by Crippen LogP contribution is 2.32. The molecule has 1 heterocycles. The number of hydrogen-bond donors (Lipinski definition) is 1. The number of rotatable bonds is 5. The third-order valence-electron chi connectivity index (χ3n) is 4.21. The minimum Gasteiger partial charge on any atom is -0.377 e. The number of methoxy groups -OCH3 is 1. The lowest BCUT2D eigenvalue weighted by Gasteiger charge is -2.27. The number of hydrogen-bond acceptors (Lipinski definition) is 2. The first kappa shape index (κ1) is 20.0. The molecule has 1 fully saturated rings. The van der Waals surface area contributed by atoms with Crippen molar-refractivity contribution in [3.63, 3.8) is 0 Å². The summed E-state index contributed by atoms with van der Waals surface area (Å²) in [4.78, 5) is 7.13. The van der Waals surface area contributed by atoms with Gasteiger partial charge in [-0.15, -0.1) is 24.0 Å². The van der Waals surface area contributed by atoms with Crippen LogP contribution in [0.3, 0.4) is 0 Å². The number of ether oxygens (including phenoxy) is 1.